The SMILES string of the molecule is N#Cc1cc(COc2ccc(F)cc2CBr)ccn1. The maximum Gasteiger partial charge on any atom is 0.140 e. The Bertz CT molecular complexity index is 625. The van der Waals surface area contributed by atoms with Crippen LogP contribution in [0.1, 0.15) is 16.8 Å². The van der Waals surface area contributed by atoms with E-state index in [1.165, 1.54) is 12.1 Å². The molecule has 0 aliphatic heterocycles. The number of nitrogens with zero attached hydrogens (tertiary/aromatic N) is 2. The van der Waals surface area contributed by atoms with E-state index in [9.17, 15) is 4.39 Å². The Morgan fingerprint density at radius 1 is 1.32 bits per heavy atom. The Balaban J connectivity index is 2.12. The first-order valence-corrected chi connectivity index (χ1v) is 6.67. The van der Waals surface area contributed by atoms with E-state index in [0.717, 1.165) is 11.1 Å². The summed E-state index contributed by atoms with van der Waals surface area (Å²) in [7, 11) is 0. The summed E-state index contributed by atoms with van der Waals surface area (Å²) in [4.78, 5) is 3.88. The molecule has 0 radical (unpaired) electrons. The van der Waals surface area contributed by atoms with E-state index < -0.39 is 0 Å². The van der Waals surface area contributed by atoms with Gasteiger partial charge < -0.3 is 4.74 Å². The molecule has 0 fully saturated rings. The van der Waals surface area contributed by atoms with Crippen molar-refractivity contribution in [3.05, 3.63) is 59.2 Å². The van der Waals surface area contributed by atoms with Crippen LogP contribution in [-0.2, 0) is 11.9 Å². The molecule has 19 heavy (non-hydrogen) atoms. The lowest BCUT2D eigenvalue weighted by atomic mass is 10.2. The van der Waals surface area contributed by atoms with Gasteiger partial charge in [0.15, 0.2) is 0 Å². The van der Waals surface area contributed by atoms with Crippen molar-refractivity contribution in [2.24, 2.45) is 0 Å². The van der Waals surface area contributed by atoms with Gasteiger partial charge in [-0.2, -0.15) is 5.26 Å². The van der Waals surface area contributed by atoms with E-state index in [4.69, 9.17) is 10.00 Å². The largest absolute Gasteiger partial charge is 0.489 e. The van der Waals surface area contributed by atoms with Gasteiger partial charge in [-0.1, -0.05) is 15.9 Å². The minimum atomic E-state index is -0.294. The van der Waals surface area contributed by atoms with Crippen molar-refractivity contribution < 1.29 is 9.13 Å². The number of halogens is 2. The van der Waals surface area contributed by atoms with E-state index in [2.05, 4.69) is 20.9 Å². The normalized spacial score (nSPS) is 9.95. The number of nitriles is 1. The third-order valence-corrected chi connectivity index (χ3v) is 3.10. The van der Waals surface area contributed by atoms with Crippen LogP contribution in [0.3, 0.4) is 0 Å². The second-order valence-electron chi connectivity index (χ2n) is 3.84. The summed E-state index contributed by atoms with van der Waals surface area (Å²) >= 11 is 3.29. The Morgan fingerprint density at radius 3 is 2.89 bits per heavy atom. The van der Waals surface area contributed by atoms with Gasteiger partial charge in [0.2, 0.25) is 0 Å². The maximum absolute atomic E-state index is 13.1. The monoisotopic (exact) mass is 320 g/mol. The number of alkyl halides is 1. The summed E-state index contributed by atoms with van der Waals surface area (Å²) < 4.78 is 18.7. The lowest BCUT2D eigenvalue weighted by Crippen LogP contribution is -1.99. The van der Waals surface area contributed by atoms with Gasteiger partial charge in [-0.15, -0.1) is 0 Å². The average molecular weight is 321 g/mol. The highest BCUT2D eigenvalue weighted by Crippen LogP contribution is 2.23. The highest BCUT2D eigenvalue weighted by molar-refractivity contribution is 9.08. The Hall–Kier alpha value is -1.93. The second kappa shape index (κ2) is 6.30. The molecule has 0 N–H and O–H groups in total. The van der Waals surface area contributed by atoms with Crippen molar-refractivity contribution in [2.45, 2.75) is 11.9 Å². The summed E-state index contributed by atoms with van der Waals surface area (Å²) in [6, 6.07) is 9.79. The summed E-state index contributed by atoms with van der Waals surface area (Å²) in [5.41, 5.74) is 1.94. The number of hydrogen-bond donors (Lipinski definition) is 0. The van der Waals surface area contributed by atoms with E-state index in [1.54, 1.807) is 24.4 Å². The van der Waals surface area contributed by atoms with Crippen molar-refractivity contribution >= 4 is 15.9 Å². The molecule has 1 heterocycles. The predicted molar refractivity (Wildman–Crippen MR) is 72.3 cm³/mol. The van der Waals surface area contributed by atoms with Crippen LogP contribution in [0, 0.1) is 17.1 Å². The first-order chi connectivity index (χ1) is 9.22. The molecule has 0 spiro atoms. The van der Waals surface area contributed by atoms with Crippen molar-refractivity contribution in [1.29, 1.82) is 5.26 Å². The van der Waals surface area contributed by atoms with Gasteiger partial charge in [-0.05, 0) is 35.9 Å². The molecule has 2 rings (SSSR count). The summed E-state index contributed by atoms with van der Waals surface area (Å²) in [5.74, 6) is 0.325. The third-order valence-electron chi connectivity index (χ3n) is 2.50. The molecule has 0 aliphatic rings. The summed E-state index contributed by atoms with van der Waals surface area (Å²) in [5, 5.41) is 9.27. The highest BCUT2D eigenvalue weighted by Gasteiger charge is 2.05. The predicted octanol–water partition coefficient (Wildman–Crippen LogP) is 3.57. The molecule has 0 bridgehead atoms. The zero-order valence-corrected chi connectivity index (χ0v) is 11.5. The molecule has 0 amide bonds. The van der Waals surface area contributed by atoms with Gasteiger partial charge in [0.25, 0.3) is 0 Å². The lowest BCUT2D eigenvalue weighted by Gasteiger charge is -2.10. The van der Waals surface area contributed by atoms with Crippen molar-refractivity contribution in [3.63, 3.8) is 0 Å². The number of ether oxygens (including phenoxy) is 1. The molecule has 0 aliphatic carbocycles. The fourth-order valence-electron chi connectivity index (χ4n) is 1.58. The quantitative estimate of drug-likeness (QED) is 0.809. The fraction of sp³-hybridized carbons (Fsp3) is 0.143. The highest BCUT2D eigenvalue weighted by atomic mass is 79.9. The van der Waals surface area contributed by atoms with Crippen molar-refractivity contribution in [3.8, 4) is 11.8 Å². The molecule has 0 saturated heterocycles. The fourth-order valence-corrected chi connectivity index (χ4v) is 2.02. The zero-order chi connectivity index (χ0) is 13.7. The Labute approximate surface area is 118 Å². The molecule has 96 valence electrons. The van der Waals surface area contributed by atoms with E-state index in [0.29, 0.717) is 23.4 Å². The number of aromatic nitrogens is 1. The van der Waals surface area contributed by atoms with Gasteiger partial charge in [0.1, 0.15) is 29.9 Å². The Morgan fingerprint density at radius 2 is 2.16 bits per heavy atom. The van der Waals surface area contributed by atoms with E-state index in [1.807, 2.05) is 6.07 Å². The van der Waals surface area contributed by atoms with Gasteiger partial charge in [0, 0.05) is 17.1 Å². The summed E-state index contributed by atoms with van der Waals surface area (Å²) in [6.07, 6.45) is 1.56. The molecular formula is C14H10BrFN2O. The topological polar surface area (TPSA) is 45.9 Å². The minimum Gasteiger partial charge on any atom is -0.489 e. The smallest absolute Gasteiger partial charge is 0.140 e. The standard InChI is InChI=1S/C14H10BrFN2O/c15-7-11-6-12(16)1-2-14(11)19-9-10-3-4-18-13(5-10)8-17/h1-6H,7,9H2. The van der Waals surface area contributed by atoms with Crippen LogP contribution in [0.5, 0.6) is 5.75 Å². The van der Waals surface area contributed by atoms with Crippen LogP contribution >= 0.6 is 15.9 Å². The van der Waals surface area contributed by atoms with E-state index >= 15 is 0 Å². The first kappa shape index (κ1) is 13.5. The van der Waals surface area contributed by atoms with Gasteiger partial charge >= 0.3 is 0 Å². The zero-order valence-electron chi connectivity index (χ0n) is 9.94. The van der Waals surface area contributed by atoms with Crippen LogP contribution in [0.4, 0.5) is 4.39 Å². The molecule has 0 saturated carbocycles. The molecule has 5 heteroatoms. The number of hydrogen-bond acceptors (Lipinski definition) is 3. The molecule has 1 aromatic heterocycles. The average Bonchev–Trinajstić information content (AvgIpc) is 2.46. The van der Waals surface area contributed by atoms with Gasteiger partial charge in [-0.25, -0.2) is 9.37 Å². The van der Waals surface area contributed by atoms with Crippen LogP contribution in [-0.4, -0.2) is 4.98 Å². The molecule has 0 atom stereocenters. The summed E-state index contributed by atoms with van der Waals surface area (Å²) in [6.45, 7) is 0.308. The number of rotatable bonds is 4. The van der Waals surface area contributed by atoms with Gasteiger partial charge in [0.05, 0.1) is 0 Å². The number of pyridine rings is 1. The van der Waals surface area contributed by atoms with Crippen LogP contribution in [0.2, 0.25) is 0 Å². The second-order valence-corrected chi connectivity index (χ2v) is 4.40. The van der Waals surface area contributed by atoms with Crippen LogP contribution < -0.4 is 4.74 Å². The molecule has 3 nitrogen and oxygen atoms in total. The third kappa shape index (κ3) is 3.52. The lowest BCUT2D eigenvalue weighted by molar-refractivity contribution is 0.303. The molecule has 1 aromatic carbocycles. The van der Waals surface area contributed by atoms with Crippen molar-refractivity contribution in [1.82, 2.24) is 4.98 Å². The first-order valence-electron chi connectivity index (χ1n) is 5.55. The maximum atomic E-state index is 13.1. The minimum absolute atomic E-state index is 0.294. The van der Waals surface area contributed by atoms with Crippen LogP contribution in [0.25, 0.3) is 0 Å². The number of benzene rings is 1. The van der Waals surface area contributed by atoms with Gasteiger partial charge in [-0.3, -0.25) is 0 Å². The van der Waals surface area contributed by atoms with E-state index in [-0.39, 0.29) is 5.82 Å². The molecule has 0 unspecified atom stereocenters. The Kier molecular flexibility index (Phi) is 4.48. The molecule has 2 aromatic rings. The van der Waals surface area contributed by atoms with Crippen molar-refractivity contribution in [2.75, 3.05) is 0 Å². The molecular weight excluding hydrogens is 311 g/mol. The van der Waals surface area contributed by atoms with Crippen LogP contribution in [0.15, 0.2) is 36.5 Å².